The maximum atomic E-state index is 13.7. The normalized spacial score (nSPS) is 43.7. The number of halogens is 1. The Hall–Kier alpha value is -1.02. The van der Waals surface area contributed by atoms with Crippen molar-refractivity contribution in [3.63, 3.8) is 0 Å². The highest BCUT2D eigenvalue weighted by Gasteiger charge is 2.61. The van der Waals surface area contributed by atoms with Gasteiger partial charge in [0.1, 0.15) is 0 Å². The summed E-state index contributed by atoms with van der Waals surface area (Å²) < 4.78 is 0. The third-order valence-electron chi connectivity index (χ3n) is 6.87. The molecule has 2 nitrogen and oxygen atoms in total. The third kappa shape index (κ3) is 1.97. The van der Waals surface area contributed by atoms with Crippen LogP contribution in [0.1, 0.15) is 51.0 Å². The minimum Gasteiger partial charge on any atom is -0.309 e. The van der Waals surface area contributed by atoms with Gasteiger partial charge in [0.2, 0.25) is 5.91 Å². The fourth-order valence-electron chi connectivity index (χ4n) is 6.53. The van der Waals surface area contributed by atoms with Crippen LogP contribution >= 0.6 is 11.6 Å². The van der Waals surface area contributed by atoms with Gasteiger partial charge in [-0.3, -0.25) is 4.79 Å². The molecule has 5 aliphatic rings. The van der Waals surface area contributed by atoms with E-state index in [0.717, 1.165) is 44.2 Å². The minimum absolute atomic E-state index is 0.0950. The molecular formula is C20H24ClNO. The second-order valence-electron chi connectivity index (χ2n) is 8.75. The molecule has 1 aliphatic heterocycles. The van der Waals surface area contributed by atoms with Gasteiger partial charge in [0, 0.05) is 16.6 Å². The van der Waals surface area contributed by atoms with E-state index in [0.29, 0.717) is 17.7 Å². The molecule has 122 valence electrons. The number of carbonyl (C=O) groups excluding carboxylic acids is 1. The maximum absolute atomic E-state index is 13.7. The van der Waals surface area contributed by atoms with E-state index in [-0.39, 0.29) is 16.3 Å². The summed E-state index contributed by atoms with van der Waals surface area (Å²) in [5, 5.41) is 0. The largest absolute Gasteiger partial charge is 0.309 e. The smallest absolute Gasteiger partial charge is 0.233 e. The molecule has 3 atom stereocenters. The van der Waals surface area contributed by atoms with Crippen molar-refractivity contribution < 1.29 is 4.79 Å². The molecule has 0 N–H and O–H groups in total. The molecule has 0 spiro atoms. The summed E-state index contributed by atoms with van der Waals surface area (Å²) in [5.74, 6) is 1.71. The van der Waals surface area contributed by atoms with Crippen LogP contribution in [0.15, 0.2) is 24.3 Å². The van der Waals surface area contributed by atoms with Crippen LogP contribution in [-0.2, 0) is 11.2 Å². The molecule has 23 heavy (non-hydrogen) atoms. The zero-order chi connectivity index (χ0) is 15.8. The molecule has 1 heterocycles. The van der Waals surface area contributed by atoms with Gasteiger partial charge in [-0.05, 0) is 75.3 Å². The number of amides is 1. The van der Waals surface area contributed by atoms with Gasteiger partial charge in [-0.1, -0.05) is 18.2 Å². The Kier molecular flexibility index (Phi) is 2.83. The molecule has 3 unspecified atom stereocenters. The molecule has 4 aliphatic carbocycles. The first-order valence-electron chi connectivity index (χ1n) is 9.09. The number of benzene rings is 1. The highest BCUT2D eigenvalue weighted by Crippen LogP contribution is 2.64. The van der Waals surface area contributed by atoms with E-state index in [4.69, 9.17) is 11.6 Å². The van der Waals surface area contributed by atoms with E-state index in [1.54, 1.807) is 0 Å². The number of nitrogens with zero attached hydrogens (tertiary/aromatic N) is 1. The Balaban J connectivity index is 1.54. The summed E-state index contributed by atoms with van der Waals surface area (Å²) in [5.41, 5.74) is 2.28. The maximum Gasteiger partial charge on any atom is 0.233 e. The van der Waals surface area contributed by atoms with Crippen LogP contribution in [0.5, 0.6) is 0 Å². The average Bonchev–Trinajstić information content (AvgIpc) is 2.79. The van der Waals surface area contributed by atoms with Crippen LogP contribution in [0.2, 0.25) is 0 Å². The van der Waals surface area contributed by atoms with E-state index in [2.05, 4.69) is 36.1 Å². The molecule has 1 amide bonds. The van der Waals surface area contributed by atoms with Gasteiger partial charge in [-0.2, -0.15) is 0 Å². The number of para-hydroxylation sites is 1. The van der Waals surface area contributed by atoms with Crippen molar-refractivity contribution in [1.82, 2.24) is 0 Å². The Morgan fingerprint density at radius 2 is 1.87 bits per heavy atom. The van der Waals surface area contributed by atoms with Crippen molar-refractivity contribution in [2.24, 2.45) is 17.3 Å². The Morgan fingerprint density at radius 1 is 1.17 bits per heavy atom. The summed E-state index contributed by atoms with van der Waals surface area (Å²) in [7, 11) is 0. The molecule has 0 aromatic heterocycles. The van der Waals surface area contributed by atoms with Crippen LogP contribution in [0.4, 0.5) is 5.69 Å². The first-order chi connectivity index (χ1) is 11.0. The summed E-state index contributed by atoms with van der Waals surface area (Å²) in [6.45, 7) is 2.19. The Bertz CT molecular complexity index is 670. The lowest BCUT2D eigenvalue weighted by molar-refractivity contribution is -0.142. The predicted molar refractivity (Wildman–Crippen MR) is 92.8 cm³/mol. The van der Waals surface area contributed by atoms with Crippen molar-refractivity contribution in [2.75, 3.05) is 4.90 Å². The lowest BCUT2D eigenvalue weighted by Crippen LogP contribution is -2.59. The van der Waals surface area contributed by atoms with Crippen LogP contribution in [0, 0.1) is 17.3 Å². The van der Waals surface area contributed by atoms with Gasteiger partial charge in [-0.15, -0.1) is 11.6 Å². The van der Waals surface area contributed by atoms with Gasteiger partial charge >= 0.3 is 0 Å². The van der Waals surface area contributed by atoms with Gasteiger partial charge in [-0.25, -0.2) is 0 Å². The van der Waals surface area contributed by atoms with Gasteiger partial charge in [0.25, 0.3) is 0 Å². The lowest BCUT2D eigenvalue weighted by atomic mass is 9.49. The van der Waals surface area contributed by atoms with E-state index in [1.807, 2.05) is 0 Å². The summed E-state index contributed by atoms with van der Waals surface area (Å²) in [6.07, 6.45) is 7.59. The van der Waals surface area contributed by atoms with E-state index >= 15 is 0 Å². The third-order valence-corrected chi connectivity index (χ3v) is 7.31. The number of anilines is 1. The SMILES string of the molecule is CC1Cc2ccccc2N1C(=O)C12CC3CC(CC(Cl)(C3)C1)C2. The highest BCUT2D eigenvalue weighted by atomic mass is 35.5. The molecule has 4 bridgehead atoms. The fraction of sp³-hybridized carbons (Fsp3) is 0.650. The van der Waals surface area contributed by atoms with Crippen LogP contribution < -0.4 is 4.90 Å². The summed E-state index contributed by atoms with van der Waals surface area (Å²) >= 11 is 6.94. The fourth-order valence-corrected chi connectivity index (χ4v) is 7.22. The predicted octanol–water partition coefficient (Wildman–Crippen LogP) is 4.54. The molecular weight excluding hydrogens is 306 g/mol. The minimum atomic E-state index is -0.183. The van der Waals surface area contributed by atoms with Crippen molar-refractivity contribution in [3.05, 3.63) is 29.8 Å². The van der Waals surface area contributed by atoms with Crippen molar-refractivity contribution in [1.29, 1.82) is 0 Å². The molecule has 3 heteroatoms. The summed E-state index contributed by atoms with van der Waals surface area (Å²) in [6, 6.07) is 8.70. The molecule has 1 aromatic carbocycles. The van der Waals surface area contributed by atoms with E-state index in [9.17, 15) is 4.79 Å². The van der Waals surface area contributed by atoms with Gasteiger partial charge < -0.3 is 4.90 Å². The monoisotopic (exact) mass is 329 g/mol. The van der Waals surface area contributed by atoms with E-state index in [1.165, 1.54) is 12.0 Å². The zero-order valence-electron chi connectivity index (χ0n) is 13.7. The average molecular weight is 330 g/mol. The number of carbonyl (C=O) groups is 1. The van der Waals surface area contributed by atoms with Gasteiger partial charge in [0.05, 0.1) is 5.41 Å². The van der Waals surface area contributed by atoms with Crippen molar-refractivity contribution >= 4 is 23.2 Å². The van der Waals surface area contributed by atoms with Crippen LogP contribution in [-0.4, -0.2) is 16.8 Å². The second kappa shape index (κ2) is 4.53. The molecule has 4 fully saturated rings. The lowest BCUT2D eigenvalue weighted by Gasteiger charge is -2.59. The second-order valence-corrected chi connectivity index (χ2v) is 9.55. The molecule has 6 rings (SSSR count). The molecule has 0 radical (unpaired) electrons. The standard InChI is InChI=1S/C20H24ClNO/c1-13-6-16-4-2-3-5-17(16)22(13)18(23)19-8-14-7-15(9-19)11-20(21,10-14)12-19/h2-5,13-15H,6-12H2,1H3. The van der Waals surface area contributed by atoms with Gasteiger partial charge in [0.15, 0.2) is 0 Å². The molecule has 0 saturated heterocycles. The number of hydrogen-bond donors (Lipinski definition) is 0. The first-order valence-corrected chi connectivity index (χ1v) is 9.46. The van der Waals surface area contributed by atoms with E-state index < -0.39 is 0 Å². The highest BCUT2D eigenvalue weighted by molar-refractivity contribution is 6.24. The van der Waals surface area contributed by atoms with Crippen LogP contribution in [0.3, 0.4) is 0 Å². The van der Waals surface area contributed by atoms with Crippen molar-refractivity contribution in [2.45, 2.75) is 62.8 Å². The number of rotatable bonds is 1. The Morgan fingerprint density at radius 3 is 2.57 bits per heavy atom. The summed E-state index contributed by atoms with van der Waals surface area (Å²) in [4.78, 5) is 15.7. The number of fused-ring (bicyclic) bond motifs is 1. The topological polar surface area (TPSA) is 20.3 Å². The zero-order valence-corrected chi connectivity index (χ0v) is 14.5. The van der Waals surface area contributed by atoms with Crippen LogP contribution in [0.25, 0.3) is 0 Å². The number of alkyl halides is 1. The quantitative estimate of drug-likeness (QED) is 0.692. The number of hydrogen-bond acceptors (Lipinski definition) is 1. The Labute approximate surface area is 143 Å². The first kappa shape index (κ1) is 14.3. The molecule has 1 aromatic rings. The van der Waals surface area contributed by atoms with Crippen molar-refractivity contribution in [3.8, 4) is 0 Å². The molecule has 4 saturated carbocycles.